The smallest absolute Gasteiger partial charge is 0.296 e. The fourth-order valence-electron chi connectivity index (χ4n) is 0.922. The Morgan fingerprint density at radius 2 is 2.00 bits per heavy atom. The van der Waals surface area contributed by atoms with Crippen molar-refractivity contribution >= 4 is 18.7 Å². The third-order valence-corrected chi connectivity index (χ3v) is 1.50. The average Bonchev–Trinajstić information content (AvgIpc) is 2.16. The Kier molecular flexibility index (Phi) is 2.97. The van der Waals surface area contributed by atoms with E-state index in [1.54, 1.807) is 0 Å². The number of carbonyl (C=O) groups is 1. The molecule has 0 amide bonds. The van der Waals surface area contributed by atoms with Gasteiger partial charge in [0.25, 0.3) is 0 Å². The van der Waals surface area contributed by atoms with Crippen LogP contribution in [0.5, 0.6) is 0 Å². The van der Waals surface area contributed by atoms with Crippen LogP contribution in [0, 0.1) is 0 Å². The highest BCUT2D eigenvalue weighted by Gasteiger charge is 2.24. The molecule has 1 N–H and O–H groups in total. The summed E-state index contributed by atoms with van der Waals surface area (Å²) in [5.74, 6) is -1.18. The van der Waals surface area contributed by atoms with Gasteiger partial charge in [-0.15, -0.1) is 0 Å². The largest absolute Gasteiger partial charge is 0.572 e. The van der Waals surface area contributed by atoms with E-state index in [2.05, 4.69) is 4.89 Å². The van der Waals surface area contributed by atoms with Crippen molar-refractivity contribution in [3.05, 3.63) is 29.8 Å². The third kappa shape index (κ3) is 2.03. The topological polar surface area (TPSA) is 46.5 Å². The molecule has 0 spiro atoms. The molecule has 3 nitrogen and oxygen atoms in total. The molecule has 0 aromatic heterocycles. The Hall–Kier alpha value is -1.43. The minimum atomic E-state index is -2.77. The lowest BCUT2D eigenvalue weighted by atomic mass is 9.82. The van der Waals surface area contributed by atoms with Crippen molar-refractivity contribution in [2.75, 3.05) is 0 Å². The predicted octanol–water partition coefficient (Wildman–Crippen LogP) is 0.951. The zero-order valence-corrected chi connectivity index (χ0v) is 6.41. The number of benzene rings is 1. The number of hydrogen-bond donors (Lipinski definition) is 1. The van der Waals surface area contributed by atoms with Crippen LogP contribution in [0.3, 0.4) is 0 Å². The Morgan fingerprint density at radius 3 is 2.54 bits per heavy atom. The molecule has 0 aliphatic rings. The van der Waals surface area contributed by atoms with Crippen molar-refractivity contribution in [1.82, 2.24) is 0 Å². The molecule has 0 bridgehead atoms. The van der Waals surface area contributed by atoms with E-state index in [1.165, 1.54) is 12.1 Å². The van der Waals surface area contributed by atoms with Gasteiger partial charge < -0.3 is 0 Å². The average molecular weight is 186 g/mol. The van der Waals surface area contributed by atoms with Gasteiger partial charge in [0.05, 0.1) is 5.56 Å². The minimum Gasteiger partial charge on any atom is -0.296 e. The molecule has 0 fully saturated rings. The van der Waals surface area contributed by atoms with E-state index >= 15 is 0 Å². The van der Waals surface area contributed by atoms with Crippen LogP contribution in [0.25, 0.3) is 0 Å². The molecule has 0 heterocycles. The lowest BCUT2D eigenvalue weighted by molar-refractivity contribution is -0.182. The van der Waals surface area contributed by atoms with E-state index < -0.39 is 18.7 Å². The van der Waals surface area contributed by atoms with Gasteiger partial charge in [0.15, 0.2) is 0 Å². The Labute approximate surface area is 73.0 Å². The summed E-state index contributed by atoms with van der Waals surface area (Å²) in [4.78, 5) is 14.1. The van der Waals surface area contributed by atoms with Crippen LogP contribution >= 0.6 is 0 Å². The fraction of sp³-hybridized carbons (Fsp3) is 0. The molecular weight excluding hydrogens is 181 g/mol. The molecule has 6 heteroatoms. The van der Waals surface area contributed by atoms with Crippen LogP contribution < -0.4 is 5.46 Å². The first-order valence-electron chi connectivity index (χ1n) is 3.39. The Bertz CT molecular complexity index is 316. The van der Waals surface area contributed by atoms with Crippen LogP contribution in [-0.4, -0.2) is 18.5 Å². The highest BCUT2D eigenvalue weighted by Crippen LogP contribution is 2.01. The fourth-order valence-corrected chi connectivity index (χ4v) is 0.922. The standard InChI is InChI=1S/C7H5BF2O3/c9-8(10)6-4-2-1-3-5(6)7(11)13-12/h1-4,12H. The Balaban J connectivity index is 3.12. The number of carbonyl (C=O) groups excluding carboxylic acids is 1. The van der Waals surface area contributed by atoms with Gasteiger partial charge in [-0.25, -0.2) is 4.79 Å². The highest BCUT2D eigenvalue weighted by atomic mass is 19.2. The van der Waals surface area contributed by atoms with Gasteiger partial charge in [-0.2, -0.15) is 5.26 Å². The summed E-state index contributed by atoms with van der Waals surface area (Å²) in [6.45, 7) is 0. The van der Waals surface area contributed by atoms with E-state index in [-0.39, 0.29) is 5.56 Å². The van der Waals surface area contributed by atoms with E-state index in [1.807, 2.05) is 0 Å². The molecule has 0 aliphatic carbocycles. The maximum atomic E-state index is 12.2. The number of hydrogen-bond acceptors (Lipinski definition) is 3. The number of rotatable bonds is 2. The second-order valence-electron chi connectivity index (χ2n) is 2.27. The molecule has 1 aromatic rings. The van der Waals surface area contributed by atoms with Crippen molar-refractivity contribution in [3.8, 4) is 0 Å². The van der Waals surface area contributed by atoms with Crippen molar-refractivity contribution in [2.24, 2.45) is 0 Å². The molecule has 0 saturated heterocycles. The minimum absolute atomic E-state index is 0.333. The summed E-state index contributed by atoms with van der Waals surface area (Å²) in [6, 6.07) is 5.02. The summed E-state index contributed by atoms with van der Waals surface area (Å²) >= 11 is 0. The molecule has 1 rings (SSSR count). The second kappa shape index (κ2) is 4.00. The first kappa shape index (κ1) is 9.66. The molecule has 0 unspecified atom stereocenters. The molecule has 68 valence electrons. The number of halogens is 2. The van der Waals surface area contributed by atoms with Gasteiger partial charge >= 0.3 is 13.2 Å². The molecule has 0 aliphatic heterocycles. The van der Waals surface area contributed by atoms with Crippen LogP contribution in [0.15, 0.2) is 24.3 Å². The summed E-state index contributed by atoms with van der Waals surface area (Å²) in [5, 5.41) is 8.00. The van der Waals surface area contributed by atoms with Crippen LogP contribution in [-0.2, 0) is 4.89 Å². The van der Waals surface area contributed by atoms with Crippen molar-refractivity contribution in [3.63, 3.8) is 0 Å². The van der Waals surface area contributed by atoms with E-state index in [4.69, 9.17) is 5.26 Å². The first-order valence-corrected chi connectivity index (χ1v) is 3.39. The van der Waals surface area contributed by atoms with E-state index in [0.29, 0.717) is 0 Å². The van der Waals surface area contributed by atoms with Gasteiger partial charge in [0, 0.05) is 5.46 Å². The summed E-state index contributed by atoms with van der Waals surface area (Å²) in [5.41, 5.74) is -0.790. The molecule has 0 atom stereocenters. The second-order valence-corrected chi connectivity index (χ2v) is 2.27. The Morgan fingerprint density at radius 1 is 1.38 bits per heavy atom. The van der Waals surface area contributed by atoms with Crippen LogP contribution in [0.4, 0.5) is 8.63 Å². The van der Waals surface area contributed by atoms with Gasteiger partial charge in [-0.3, -0.25) is 13.5 Å². The summed E-state index contributed by atoms with van der Waals surface area (Å²) in [7, 11) is -2.77. The third-order valence-electron chi connectivity index (χ3n) is 1.50. The maximum Gasteiger partial charge on any atom is 0.572 e. The molecule has 1 aromatic carbocycles. The summed E-state index contributed by atoms with van der Waals surface area (Å²) < 4.78 is 24.5. The molecular formula is C7H5BF2O3. The monoisotopic (exact) mass is 186 g/mol. The van der Waals surface area contributed by atoms with E-state index in [0.717, 1.165) is 12.1 Å². The van der Waals surface area contributed by atoms with Crippen molar-refractivity contribution < 1.29 is 23.6 Å². The van der Waals surface area contributed by atoms with Crippen LogP contribution in [0.2, 0.25) is 0 Å². The van der Waals surface area contributed by atoms with Crippen molar-refractivity contribution in [2.45, 2.75) is 0 Å². The predicted molar refractivity (Wildman–Crippen MR) is 42.1 cm³/mol. The van der Waals surface area contributed by atoms with Gasteiger partial charge in [0.2, 0.25) is 0 Å². The maximum absolute atomic E-state index is 12.2. The SMILES string of the molecule is O=C(OO)c1ccccc1B(F)F. The normalized spacial score (nSPS) is 9.46. The van der Waals surface area contributed by atoms with Crippen molar-refractivity contribution in [1.29, 1.82) is 0 Å². The molecule has 0 radical (unpaired) electrons. The first-order chi connectivity index (χ1) is 6.16. The lowest BCUT2D eigenvalue weighted by Gasteiger charge is -2.01. The highest BCUT2D eigenvalue weighted by molar-refractivity contribution is 6.61. The van der Waals surface area contributed by atoms with Gasteiger partial charge in [-0.05, 0) is 6.07 Å². The lowest BCUT2D eigenvalue weighted by Crippen LogP contribution is -2.27. The van der Waals surface area contributed by atoms with Gasteiger partial charge in [0.1, 0.15) is 0 Å². The zero-order valence-electron chi connectivity index (χ0n) is 6.41. The quantitative estimate of drug-likeness (QED) is 0.424. The zero-order chi connectivity index (χ0) is 9.84. The summed E-state index contributed by atoms with van der Waals surface area (Å²) in [6.07, 6.45) is 0. The van der Waals surface area contributed by atoms with E-state index in [9.17, 15) is 13.4 Å². The van der Waals surface area contributed by atoms with Gasteiger partial charge in [-0.1, -0.05) is 18.2 Å². The molecule has 0 saturated carbocycles. The molecule has 13 heavy (non-hydrogen) atoms. The van der Waals surface area contributed by atoms with Crippen LogP contribution in [0.1, 0.15) is 10.4 Å².